The highest BCUT2D eigenvalue weighted by molar-refractivity contribution is 6.05. The molecule has 0 unspecified atom stereocenters. The van der Waals surface area contributed by atoms with Crippen LogP contribution in [0.3, 0.4) is 0 Å². The van der Waals surface area contributed by atoms with E-state index in [9.17, 15) is 14.3 Å². The van der Waals surface area contributed by atoms with Crippen LogP contribution in [0.1, 0.15) is 16.8 Å². The van der Waals surface area contributed by atoms with Crippen molar-refractivity contribution in [3.63, 3.8) is 0 Å². The molecule has 156 valence electrons. The van der Waals surface area contributed by atoms with Gasteiger partial charge in [-0.2, -0.15) is 0 Å². The second-order valence-corrected chi connectivity index (χ2v) is 7.24. The molecular weight excluding hydrogens is 383 g/mol. The minimum Gasteiger partial charge on any atom is -0.508 e. The Bertz CT molecular complexity index is 1020. The number of ether oxygens (including phenoxy) is 1. The van der Waals surface area contributed by atoms with E-state index >= 15 is 0 Å². The summed E-state index contributed by atoms with van der Waals surface area (Å²) in [6, 6.07) is 18.2. The lowest BCUT2D eigenvalue weighted by atomic mass is 10.0. The summed E-state index contributed by atoms with van der Waals surface area (Å²) in [7, 11) is 3.94. The molecular formula is C24H25FN2O3. The molecule has 0 heterocycles. The summed E-state index contributed by atoms with van der Waals surface area (Å²) in [6.45, 7) is 1.28. The molecule has 0 aliphatic rings. The maximum Gasteiger partial charge on any atom is 0.255 e. The minimum absolute atomic E-state index is 0.154. The minimum atomic E-state index is -0.522. The third kappa shape index (κ3) is 5.81. The van der Waals surface area contributed by atoms with Gasteiger partial charge in [-0.1, -0.05) is 24.3 Å². The number of anilines is 1. The quantitative estimate of drug-likeness (QED) is 0.527. The zero-order valence-corrected chi connectivity index (χ0v) is 17.1. The molecule has 30 heavy (non-hydrogen) atoms. The van der Waals surface area contributed by atoms with Gasteiger partial charge in [0.15, 0.2) is 11.6 Å². The van der Waals surface area contributed by atoms with Crippen LogP contribution in [0.2, 0.25) is 0 Å². The molecule has 3 aromatic rings. The monoisotopic (exact) mass is 408 g/mol. The molecule has 0 saturated heterocycles. The highest BCUT2D eigenvalue weighted by Gasteiger charge is 2.11. The molecule has 1 amide bonds. The molecule has 0 spiro atoms. The SMILES string of the molecule is CN(C)CCCOc1ccc(NC(=O)c2cccc(-c3cccc(O)c3)c2)cc1F. The van der Waals surface area contributed by atoms with Crippen LogP contribution in [0.5, 0.6) is 11.5 Å². The van der Waals surface area contributed by atoms with Gasteiger partial charge in [0.1, 0.15) is 5.75 Å². The summed E-state index contributed by atoms with van der Waals surface area (Å²) in [6.07, 6.45) is 0.792. The van der Waals surface area contributed by atoms with Crippen LogP contribution in [0, 0.1) is 5.82 Å². The molecule has 0 aliphatic carbocycles. The Hall–Kier alpha value is -3.38. The molecule has 2 N–H and O–H groups in total. The predicted octanol–water partition coefficient (Wildman–Crippen LogP) is 4.78. The molecule has 0 fully saturated rings. The van der Waals surface area contributed by atoms with Gasteiger partial charge in [-0.15, -0.1) is 0 Å². The number of hydrogen-bond acceptors (Lipinski definition) is 4. The lowest BCUT2D eigenvalue weighted by molar-refractivity contribution is 0.102. The average Bonchev–Trinajstić information content (AvgIpc) is 2.72. The van der Waals surface area contributed by atoms with Crippen molar-refractivity contribution in [2.75, 3.05) is 32.6 Å². The molecule has 0 bridgehead atoms. The highest BCUT2D eigenvalue weighted by atomic mass is 19.1. The van der Waals surface area contributed by atoms with E-state index in [-0.39, 0.29) is 17.4 Å². The number of rotatable bonds is 8. The van der Waals surface area contributed by atoms with Gasteiger partial charge < -0.3 is 20.1 Å². The smallest absolute Gasteiger partial charge is 0.255 e. The fourth-order valence-electron chi connectivity index (χ4n) is 2.99. The van der Waals surface area contributed by atoms with Gasteiger partial charge in [-0.3, -0.25) is 4.79 Å². The van der Waals surface area contributed by atoms with Gasteiger partial charge in [0.25, 0.3) is 5.91 Å². The summed E-state index contributed by atoms with van der Waals surface area (Å²) >= 11 is 0. The molecule has 0 atom stereocenters. The van der Waals surface area contributed by atoms with Crippen molar-refractivity contribution in [3.05, 3.63) is 78.1 Å². The number of carbonyl (C=O) groups excluding carboxylic acids is 1. The van der Waals surface area contributed by atoms with Crippen molar-refractivity contribution in [1.29, 1.82) is 0 Å². The topological polar surface area (TPSA) is 61.8 Å². The van der Waals surface area contributed by atoms with Crippen LogP contribution in [-0.4, -0.2) is 43.2 Å². The number of halogens is 1. The maximum absolute atomic E-state index is 14.3. The van der Waals surface area contributed by atoms with E-state index in [4.69, 9.17) is 4.74 Å². The van der Waals surface area contributed by atoms with E-state index in [0.29, 0.717) is 17.9 Å². The molecule has 0 saturated carbocycles. The van der Waals surface area contributed by atoms with Gasteiger partial charge in [0, 0.05) is 23.9 Å². The van der Waals surface area contributed by atoms with Crippen molar-refractivity contribution in [3.8, 4) is 22.6 Å². The van der Waals surface area contributed by atoms with Crippen molar-refractivity contribution in [2.24, 2.45) is 0 Å². The van der Waals surface area contributed by atoms with Gasteiger partial charge in [-0.25, -0.2) is 4.39 Å². The van der Waals surface area contributed by atoms with E-state index < -0.39 is 5.82 Å². The van der Waals surface area contributed by atoms with Crippen molar-refractivity contribution < 1.29 is 19.0 Å². The molecule has 3 rings (SSSR count). The molecule has 6 heteroatoms. The van der Waals surface area contributed by atoms with Crippen molar-refractivity contribution in [1.82, 2.24) is 4.90 Å². The summed E-state index contributed by atoms with van der Waals surface area (Å²) in [5.74, 6) is -0.554. The van der Waals surface area contributed by atoms with Crippen LogP contribution in [-0.2, 0) is 0 Å². The third-order valence-corrected chi connectivity index (χ3v) is 4.50. The van der Waals surface area contributed by atoms with E-state index in [1.54, 1.807) is 42.5 Å². The van der Waals surface area contributed by atoms with E-state index in [2.05, 4.69) is 5.32 Å². The van der Waals surface area contributed by atoms with Crippen LogP contribution in [0.15, 0.2) is 66.7 Å². The molecule has 0 aromatic heterocycles. The lowest BCUT2D eigenvalue weighted by Crippen LogP contribution is -2.15. The first-order valence-electron chi connectivity index (χ1n) is 9.70. The Balaban J connectivity index is 1.66. The molecule has 3 aromatic carbocycles. The zero-order chi connectivity index (χ0) is 21.5. The number of phenols is 1. The van der Waals surface area contributed by atoms with Gasteiger partial charge in [0.2, 0.25) is 0 Å². The van der Waals surface area contributed by atoms with E-state index in [1.165, 1.54) is 12.1 Å². The number of aromatic hydroxyl groups is 1. The largest absolute Gasteiger partial charge is 0.508 e. The van der Waals surface area contributed by atoms with Crippen LogP contribution in [0.4, 0.5) is 10.1 Å². The van der Waals surface area contributed by atoms with E-state index in [0.717, 1.165) is 24.1 Å². The zero-order valence-electron chi connectivity index (χ0n) is 17.1. The fourth-order valence-corrected chi connectivity index (χ4v) is 2.99. The standard InChI is InChI=1S/C24H25FN2O3/c1-27(2)12-5-13-30-23-11-10-20(16-22(23)25)26-24(29)19-8-3-6-17(14-19)18-7-4-9-21(28)15-18/h3-4,6-11,14-16,28H,5,12-13H2,1-2H3,(H,26,29). The number of nitrogens with one attached hydrogen (secondary N) is 1. The first kappa shape index (κ1) is 21.3. The second kappa shape index (κ2) is 9.89. The Kier molecular flexibility index (Phi) is 7.03. The Morgan fingerprint density at radius 2 is 1.77 bits per heavy atom. The molecule has 0 radical (unpaired) electrons. The molecule has 0 aliphatic heterocycles. The first-order chi connectivity index (χ1) is 14.4. The number of benzene rings is 3. The van der Waals surface area contributed by atoms with Crippen molar-refractivity contribution in [2.45, 2.75) is 6.42 Å². The average molecular weight is 408 g/mol. The second-order valence-electron chi connectivity index (χ2n) is 7.24. The summed E-state index contributed by atoms with van der Waals surface area (Å²) < 4.78 is 19.8. The van der Waals surface area contributed by atoms with Gasteiger partial charge in [0.05, 0.1) is 6.61 Å². The molecule has 5 nitrogen and oxygen atoms in total. The Morgan fingerprint density at radius 1 is 1.03 bits per heavy atom. The maximum atomic E-state index is 14.3. The Morgan fingerprint density at radius 3 is 2.47 bits per heavy atom. The van der Waals surface area contributed by atoms with Gasteiger partial charge in [-0.05, 0) is 68.0 Å². The lowest BCUT2D eigenvalue weighted by Gasteiger charge is -2.12. The van der Waals surface area contributed by atoms with E-state index in [1.807, 2.05) is 31.1 Å². The predicted molar refractivity (Wildman–Crippen MR) is 117 cm³/mol. The number of nitrogens with zero attached hydrogens (tertiary/aromatic N) is 1. The summed E-state index contributed by atoms with van der Waals surface area (Å²) in [5, 5.41) is 12.4. The number of amides is 1. The normalized spacial score (nSPS) is 10.8. The number of carbonyl (C=O) groups is 1. The summed E-state index contributed by atoms with van der Waals surface area (Å²) in [4.78, 5) is 14.7. The Labute approximate surface area is 175 Å². The summed E-state index contributed by atoms with van der Waals surface area (Å²) in [5.41, 5.74) is 2.37. The van der Waals surface area contributed by atoms with Crippen molar-refractivity contribution >= 4 is 11.6 Å². The van der Waals surface area contributed by atoms with Crippen LogP contribution in [0.25, 0.3) is 11.1 Å². The first-order valence-corrected chi connectivity index (χ1v) is 9.70. The van der Waals surface area contributed by atoms with Crippen LogP contribution >= 0.6 is 0 Å². The fraction of sp³-hybridized carbons (Fsp3) is 0.208. The van der Waals surface area contributed by atoms with Crippen LogP contribution < -0.4 is 10.1 Å². The third-order valence-electron chi connectivity index (χ3n) is 4.50. The number of phenolic OH excluding ortho intramolecular Hbond substituents is 1. The van der Waals surface area contributed by atoms with Gasteiger partial charge >= 0.3 is 0 Å². The number of hydrogen-bond donors (Lipinski definition) is 2. The highest BCUT2D eigenvalue weighted by Crippen LogP contribution is 2.25.